The highest BCUT2D eigenvalue weighted by Gasteiger charge is 2.12. The van der Waals surface area contributed by atoms with Gasteiger partial charge in [-0.2, -0.15) is 0 Å². The molecule has 0 aliphatic rings. The molecule has 96 valence electrons. The smallest absolute Gasteiger partial charge is 0.184 e. The van der Waals surface area contributed by atoms with Gasteiger partial charge in [0.1, 0.15) is 0 Å². The molecule has 2 heterocycles. The van der Waals surface area contributed by atoms with Crippen molar-refractivity contribution in [2.75, 3.05) is 0 Å². The Morgan fingerprint density at radius 3 is 2.89 bits per heavy atom. The van der Waals surface area contributed by atoms with E-state index in [9.17, 15) is 0 Å². The Bertz CT molecular complexity index is 836. The van der Waals surface area contributed by atoms with E-state index in [1.54, 1.807) is 16.8 Å². The van der Waals surface area contributed by atoms with Gasteiger partial charge in [-0.25, -0.2) is 4.98 Å². The minimum Gasteiger partial charge on any atom is -0.329 e. The summed E-state index contributed by atoms with van der Waals surface area (Å²) in [6.07, 6.45) is 1.79. The van der Waals surface area contributed by atoms with E-state index < -0.39 is 0 Å². The van der Waals surface area contributed by atoms with Crippen LogP contribution in [0.1, 0.15) is 5.56 Å². The molecule has 0 atom stereocenters. The average Bonchev–Trinajstić information content (AvgIpc) is 2.68. The summed E-state index contributed by atoms with van der Waals surface area (Å²) in [5, 5.41) is 0.950. The lowest BCUT2D eigenvalue weighted by atomic mass is 10.3. The maximum Gasteiger partial charge on any atom is 0.184 e. The Morgan fingerprint density at radius 2 is 2.11 bits per heavy atom. The summed E-state index contributed by atoms with van der Waals surface area (Å²) in [5.74, 6) is 0. The van der Waals surface area contributed by atoms with Gasteiger partial charge in [-0.05, 0) is 42.9 Å². The summed E-state index contributed by atoms with van der Waals surface area (Å²) < 4.78 is 2.33. The van der Waals surface area contributed by atoms with Crippen molar-refractivity contribution < 1.29 is 0 Å². The normalized spacial score (nSPS) is 11.1. The molecule has 0 aliphatic heterocycles. The molecule has 0 aliphatic carbocycles. The number of aromatic amines is 1. The lowest BCUT2D eigenvalue weighted by Crippen LogP contribution is -1.97. The lowest BCUT2D eigenvalue weighted by Gasteiger charge is -2.07. The quantitative estimate of drug-likeness (QED) is 0.661. The molecule has 0 saturated heterocycles. The molecule has 0 unspecified atom stereocenters. The standard InChI is InChI=1S/C13H9Cl2N3S/c1-7-5-9-12(16-6-7)18(13(19)17-9)10-4-2-3-8(14)11(10)15/h2-6H,1H3,(H,17,19). The highest BCUT2D eigenvalue weighted by molar-refractivity contribution is 7.71. The van der Waals surface area contributed by atoms with Crippen molar-refractivity contribution in [3.05, 3.63) is 50.8 Å². The number of aromatic nitrogens is 3. The highest BCUT2D eigenvalue weighted by atomic mass is 35.5. The molecular formula is C13H9Cl2N3S. The number of hydrogen-bond acceptors (Lipinski definition) is 2. The third-order valence-corrected chi connectivity index (χ3v) is 3.93. The summed E-state index contributed by atoms with van der Waals surface area (Å²) in [7, 11) is 0. The first-order chi connectivity index (χ1) is 9.08. The first-order valence-electron chi connectivity index (χ1n) is 5.59. The van der Waals surface area contributed by atoms with Gasteiger partial charge < -0.3 is 4.98 Å². The van der Waals surface area contributed by atoms with Crippen LogP contribution in [0.3, 0.4) is 0 Å². The maximum absolute atomic E-state index is 6.25. The SMILES string of the molecule is Cc1cnc2c(c1)[nH]c(=S)n2-c1cccc(Cl)c1Cl. The predicted octanol–water partition coefficient (Wildman–Crippen LogP) is 4.70. The Balaban J connectivity index is 2.40. The van der Waals surface area contributed by atoms with Crippen LogP contribution in [0, 0.1) is 11.7 Å². The van der Waals surface area contributed by atoms with Gasteiger partial charge >= 0.3 is 0 Å². The van der Waals surface area contributed by atoms with Crippen molar-refractivity contribution >= 4 is 46.6 Å². The second-order valence-corrected chi connectivity index (χ2v) is 5.39. The monoisotopic (exact) mass is 309 g/mol. The zero-order chi connectivity index (χ0) is 13.6. The maximum atomic E-state index is 6.25. The summed E-state index contributed by atoms with van der Waals surface area (Å²) in [6, 6.07) is 7.42. The van der Waals surface area contributed by atoms with Crippen LogP contribution in [0.15, 0.2) is 30.5 Å². The third kappa shape index (κ3) is 2.06. The topological polar surface area (TPSA) is 33.6 Å². The fourth-order valence-electron chi connectivity index (χ4n) is 1.99. The highest BCUT2D eigenvalue weighted by Crippen LogP contribution is 2.30. The van der Waals surface area contributed by atoms with Gasteiger partial charge in [-0.15, -0.1) is 0 Å². The van der Waals surface area contributed by atoms with E-state index in [1.807, 2.05) is 25.1 Å². The van der Waals surface area contributed by atoms with Gasteiger partial charge in [-0.3, -0.25) is 4.57 Å². The van der Waals surface area contributed by atoms with Crippen LogP contribution < -0.4 is 0 Å². The molecule has 1 aromatic carbocycles. The molecule has 0 amide bonds. The van der Waals surface area contributed by atoms with Crippen LogP contribution in [-0.2, 0) is 0 Å². The summed E-state index contributed by atoms with van der Waals surface area (Å²) >= 11 is 17.6. The second kappa shape index (κ2) is 4.63. The van der Waals surface area contributed by atoms with E-state index in [-0.39, 0.29) is 0 Å². The molecule has 19 heavy (non-hydrogen) atoms. The number of imidazole rings is 1. The minimum absolute atomic E-state index is 0.462. The van der Waals surface area contributed by atoms with Crippen molar-refractivity contribution in [3.8, 4) is 5.69 Å². The van der Waals surface area contributed by atoms with Crippen LogP contribution in [0.4, 0.5) is 0 Å². The van der Waals surface area contributed by atoms with Crippen molar-refractivity contribution in [2.24, 2.45) is 0 Å². The molecule has 0 radical (unpaired) electrons. The van der Waals surface area contributed by atoms with Crippen molar-refractivity contribution in [1.29, 1.82) is 0 Å². The summed E-state index contributed by atoms with van der Waals surface area (Å²) in [6.45, 7) is 1.98. The summed E-state index contributed by atoms with van der Waals surface area (Å²) in [5.41, 5.74) is 3.40. The number of fused-ring (bicyclic) bond motifs is 1. The largest absolute Gasteiger partial charge is 0.329 e. The molecule has 0 bridgehead atoms. The minimum atomic E-state index is 0.462. The Morgan fingerprint density at radius 1 is 1.32 bits per heavy atom. The van der Waals surface area contributed by atoms with E-state index in [4.69, 9.17) is 35.4 Å². The molecule has 6 heteroatoms. The lowest BCUT2D eigenvalue weighted by molar-refractivity contribution is 1.04. The molecular weight excluding hydrogens is 301 g/mol. The molecule has 3 rings (SSSR count). The van der Waals surface area contributed by atoms with Crippen LogP contribution in [0.25, 0.3) is 16.9 Å². The fourth-order valence-corrected chi connectivity index (χ4v) is 2.66. The fraction of sp³-hybridized carbons (Fsp3) is 0.0769. The number of halogens is 2. The van der Waals surface area contributed by atoms with Crippen LogP contribution in [0.5, 0.6) is 0 Å². The van der Waals surface area contributed by atoms with Crippen LogP contribution >= 0.6 is 35.4 Å². The van der Waals surface area contributed by atoms with Gasteiger partial charge in [-0.1, -0.05) is 29.3 Å². The number of hydrogen-bond donors (Lipinski definition) is 1. The number of H-pyrrole nitrogens is 1. The van der Waals surface area contributed by atoms with Gasteiger partial charge in [0.25, 0.3) is 0 Å². The number of aryl methyl sites for hydroxylation is 1. The number of benzene rings is 1. The van der Waals surface area contributed by atoms with Crippen molar-refractivity contribution in [2.45, 2.75) is 6.92 Å². The number of nitrogens with one attached hydrogen (secondary N) is 1. The number of rotatable bonds is 1. The third-order valence-electron chi connectivity index (χ3n) is 2.83. The van der Waals surface area contributed by atoms with Crippen LogP contribution in [0.2, 0.25) is 10.0 Å². The van der Waals surface area contributed by atoms with E-state index in [1.165, 1.54) is 0 Å². The molecule has 1 N–H and O–H groups in total. The van der Waals surface area contributed by atoms with E-state index in [0.717, 1.165) is 22.4 Å². The molecule has 2 aromatic heterocycles. The predicted molar refractivity (Wildman–Crippen MR) is 81.0 cm³/mol. The van der Waals surface area contributed by atoms with E-state index in [0.29, 0.717) is 14.8 Å². The van der Waals surface area contributed by atoms with Crippen molar-refractivity contribution in [3.63, 3.8) is 0 Å². The molecule has 3 aromatic rings. The zero-order valence-electron chi connectivity index (χ0n) is 9.95. The Labute approximate surface area is 124 Å². The van der Waals surface area contributed by atoms with E-state index in [2.05, 4.69) is 9.97 Å². The van der Waals surface area contributed by atoms with E-state index >= 15 is 0 Å². The van der Waals surface area contributed by atoms with Gasteiger partial charge in [0.2, 0.25) is 0 Å². The van der Waals surface area contributed by atoms with Crippen LogP contribution in [-0.4, -0.2) is 14.5 Å². The molecule has 0 saturated carbocycles. The molecule has 0 fully saturated rings. The molecule has 0 spiro atoms. The first-order valence-corrected chi connectivity index (χ1v) is 6.76. The average molecular weight is 310 g/mol. The van der Waals surface area contributed by atoms with Gasteiger partial charge in [0.15, 0.2) is 10.4 Å². The van der Waals surface area contributed by atoms with Crippen molar-refractivity contribution in [1.82, 2.24) is 14.5 Å². The zero-order valence-corrected chi connectivity index (χ0v) is 12.3. The Kier molecular flexibility index (Phi) is 3.09. The Hall–Kier alpha value is -1.36. The number of pyridine rings is 1. The van der Waals surface area contributed by atoms with Gasteiger partial charge in [0.05, 0.1) is 21.2 Å². The molecule has 3 nitrogen and oxygen atoms in total. The van der Waals surface area contributed by atoms with Gasteiger partial charge in [0, 0.05) is 6.20 Å². The number of nitrogens with zero attached hydrogens (tertiary/aromatic N) is 2. The summed E-state index contributed by atoms with van der Waals surface area (Å²) in [4.78, 5) is 7.54. The second-order valence-electron chi connectivity index (χ2n) is 4.22. The first kappa shape index (κ1) is 12.7.